The average molecular weight is 475 g/mol. The molecule has 0 radical (unpaired) electrons. The molecule has 2 aromatic rings. The van der Waals surface area contributed by atoms with E-state index in [9.17, 15) is 20.3 Å². The van der Waals surface area contributed by atoms with E-state index < -0.39 is 4.92 Å². The van der Waals surface area contributed by atoms with Gasteiger partial charge in [-0.25, -0.2) is 0 Å². The summed E-state index contributed by atoms with van der Waals surface area (Å²) in [6, 6.07) is 7.40. The molecule has 7 nitrogen and oxygen atoms in total. The van der Waals surface area contributed by atoms with Crippen molar-refractivity contribution in [3.63, 3.8) is 0 Å². The minimum Gasteiger partial charge on any atom is -0.508 e. The summed E-state index contributed by atoms with van der Waals surface area (Å²) in [6.45, 7) is 0. The fourth-order valence-corrected chi connectivity index (χ4v) is 3.12. The van der Waals surface area contributed by atoms with Gasteiger partial charge in [0.25, 0.3) is 0 Å². The van der Waals surface area contributed by atoms with Gasteiger partial charge in [0.2, 0.25) is 0 Å². The molecule has 132 valence electrons. The van der Waals surface area contributed by atoms with Crippen molar-refractivity contribution in [1.82, 2.24) is 0 Å². The van der Waals surface area contributed by atoms with E-state index in [0.717, 1.165) is 5.56 Å². The molecule has 0 aliphatic carbocycles. The van der Waals surface area contributed by atoms with Gasteiger partial charge >= 0.3 is 5.69 Å². The Hall–Kier alpha value is -2.14. The van der Waals surface area contributed by atoms with Crippen molar-refractivity contribution in [2.45, 2.75) is 5.75 Å². The van der Waals surface area contributed by atoms with Crippen LogP contribution in [0.3, 0.4) is 0 Å². The number of hydrogen-bond acceptors (Lipinski definition) is 7. The first-order chi connectivity index (χ1) is 12.0. The van der Waals surface area contributed by atoms with Crippen LogP contribution >= 0.6 is 34.8 Å². The third-order valence-corrected chi connectivity index (χ3v) is 4.51. The predicted molar refractivity (Wildman–Crippen MR) is 104 cm³/mol. The number of nitro benzene ring substituents is 1. The number of phenolic OH excluding ortho intramolecular Hbond substituents is 2. The first-order valence-electron chi connectivity index (χ1n) is 6.90. The van der Waals surface area contributed by atoms with Crippen molar-refractivity contribution in [1.29, 1.82) is 0 Å². The van der Waals surface area contributed by atoms with Gasteiger partial charge in [-0.05, 0) is 23.1 Å². The number of hydrogen-bond donors (Lipinski definition) is 2. The van der Waals surface area contributed by atoms with Crippen LogP contribution < -0.4 is 7.80 Å². The van der Waals surface area contributed by atoms with Crippen molar-refractivity contribution in [3.8, 4) is 23.0 Å². The third kappa shape index (κ3) is 4.92. The van der Waals surface area contributed by atoms with Crippen molar-refractivity contribution in [2.75, 3.05) is 7.11 Å². The van der Waals surface area contributed by atoms with Gasteiger partial charge < -0.3 is 18.0 Å². The Bertz CT molecular complexity index is 811. The van der Waals surface area contributed by atoms with Crippen LogP contribution in [0.4, 0.5) is 5.69 Å². The maximum Gasteiger partial charge on any atom is 0.311 e. The summed E-state index contributed by atoms with van der Waals surface area (Å²) in [7, 11) is 1.39. The lowest BCUT2D eigenvalue weighted by atomic mass is 10.1. The Morgan fingerprint density at radius 2 is 2.04 bits per heavy atom. The highest BCUT2D eigenvalue weighted by Gasteiger charge is 2.15. The zero-order valence-corrected chi connectivity index (χ0v) is 16.0. The monoisotopic (exact) mass is 475 g/mol. The summed E-state index contributed by atoms with van der Waals surface area (Å²) >= 11 is 3.05. The molecule has 0 fully saturated rings. The summed E-state index contributed by atoms with van der Waals surface area (Å²) in [4.78, 5) is 10.5. The maximum absolute atomic E-state index is 11.0. The van der Waals surface area contributed by atoms with Crippen molar-refractivity contribution in [3.05, 3.63) is 57.0 Å². The minimum absolute atomic E-state index is 0.0821. The van der Waals surface area contributed by atoms with Crippen LogP contribution in [0.2, 0.25) is 0 Å². The molecule has 2 aromatic carbocycles. The molecule has 2 N–H and O–H groups in total. The Morgan fingerprint density at radius 1 is 1.28 bits per heavy atom. The standard InChI is InChI=1S/C16H14INO6S/c1-23-15-3-2-10(6-13(15)18(21)22)9-25-5-4-12-14(20)7-11(19)8-16(12)24-17/h2-8,19-20H,9H2,1H3/b5-4+. The summed E-state index contributed by atoms with van der Waals surface area (Å²) in [5.41, 5.74) is 1.12. The molecular weight excluding hydrogens is 461 g/mol. The van der Waals surface area contributed by atoms with Crippen LogP contribution in [-0.2, 0) is 5.75 Å². The lowest BCUT2D eigenvalue weighted by Crippen LogP contribution is -1.94. The molecular formula is C16H14INO6S. The quantitative estimate of drug-likeness (QED) is 0.342. The van der Waals surface area contributed by atoms with Gasteiger partial charge in [0, 0.05) is 24.0 Å². The number of aromatic hydroxyl groups is 2. The molecule has 0 saturated carbocycles. The lowest BCUT2D eigenvalue weighted by molar-refractivity contribution is -0.385. The van der Waals surface area contributed by atoms with E-state index in [1.807, 2.05) is 0 Å². The number of nitro groups is 1. The highest BCUT2D eigenvalue weighted by molar-refractivity contribution is 14.1. The molecule has 0 spiro atoms. The lowest BCUT2D eigenvalue weighted by Gasteiger charge is -2.06. The van der Waals surface area contributed by atoms with E-state index >= 15 is 0 Å². The zero-order valence-electron chi connectivity index (χ0n) is 13.0. The zero-order chi connectivity index (χ0) is 18.4. The van der Waals surface area contributed by atoms with Crippen LogP contribution in [0.5, 0.6) is 23.0 Å². The molecule has 0 heterocycles. The number of ether oxygens (including phenoxy) is 1. The van der Waals surface area contributed by atoms with Gasteiger partial charge in [0.05, 0.1) is 17.6 Å². The predicted octanol–water partition coefficient (Wildman–Crippen LogP) is 4.65. The smallest absolute Gasteiger partial charge is 0.311 e. The van der Waals surface area contributed by atoms with Gasteiger partial charge in [0.15, 0.2) is 28.8 Å². The van der Waals surface area contributed by atoms with E-state index in [0.29, 0.717) is 17.1 Å². The molecule has 0 aliphatic rings. The van der Waals surface area contributed by atoms with E-state index in [1.54, 1.807) is 46.6 Å². The second-order valence-corrected chi connectivity index (χ2v) is 6.17. The number of thioether (sulfide) groups is 1. The van der Waals surface area contributed by atoms with Crippen LogP contribution in [0, 0.1) is 10.1 Å². The Balaban J connectivity index is 2.10. The van der Waals surface area contributed by atoms with Gasteiger partial charge in [-0.2, -0.15) is 0 Å². The maximum atomic E-state index is 11.0. The average Bonchev–Trinajstić information content (AvgIpc) is 2.59. The highest BCUT2D eigenvalue weighted by Crippen LogP contribution is 2.36. The molecule has 0 amide bonds. The first-order valence-corrected chi connectivity index (χ1v) is 8.83. The number of methoxy groups -OCH3 is 1. The Labute approximate surface area is 162 Å². The largest absolute Gasteiger partial charge is 0.508 e. The number of halogens is 1. The number of rotatable bonds is 7. The van der Waals surface area contributed by atoms with Crippen molar-refractivity contribution >= 4 is 46.5 Å². The van der Waals surface area contributed by atoms with Crippen molar-refractivity contribution < 1.29 is 22.9 Å². The third-order valence-electron chi connectivity index (χ3n) is 3.21. The number of benzene rings is 2. The number of phenols is 2. The van der Waals surface area contributed by atoms with Crippen LogP contribution in [0.15, 0.2) is 35.7 Å². The van der Waals surface area contributed by atoms with Crippen LogP contribution in [0.25, 0.3) is 6.08 Å². The topological polar surface area (TPSA) is 102 Å². The van der Waals surface area contributed by atoms with Gasteiger partial charge in [-0.3, -0.25) is 10.1 Å². The molecule has 2 rings (SSSR count). The summed E-state index contributed by atoms with van der Waals surface area (Å²) < 4.78 is 10.1. The van der Waals surface area contributed by atoms with Crippen LogP contribution in [-0.4, -0.2) is 22.2 Å². The van der Waals surface area contributed by atoms with Crippen LogP contribution in [0.1, 0.15) is 11.1 Å². The SMILES string of the molecule is COc1ccc(CS/C=C/c2c(O)cc(O)cc2OI)cc1[N+](=O)[O-]. The Kier molecular flexibility index (Phi) is 6.76. The van der Waals surface area contributed by atoms with Crippen molar-refractivity contribution in [2.24, 2.45) is 0 Å². The second kappa shape index (κ2) is 8.81. The molecule has 0 bridgehead atoms. The summed E-state index contributed by atoms with van der Waals surface area (Å²) in [5, 5.41) is 32.1. The van der Waals surface area contributed by atoms with E-state index in [4.69, 9.17) is 7.80 Å². The van der Waals surface area contributed by atoms with Gasteiger partial charge in [-0.15, -0.1) is 11.8 Å². The molecule has 0 atom stereocenters. The number of nitrogens with zero attached hydrogens (tertiary/aromatic N) is 1. The van der Waals surface area contributed by atoms with Gasteiger partial charge in [0.1, 0.15) is 17.2 Å². The molecule has 25 heavy (non-hydrogen) atoms. The normalized spacial score (nSPS) is 10.8. The minimum atomic E-state index is -0.485. The van der Waals surface area contributed by atoms with E-state index in [2.05, 4.69) is 0 Å². The second-order valence-electron chi connectivity index (χ2n) is 4.83. The van der Waals surface area contributed by atoms with E-state index in [1.165, 1.54) is 37.1 Å². The summed E-state index contributed by atoms with van der Waals surface area (Å²) in [5.74, 6) is 0.839. The fraction of sp³-hybridized carbons (Fsp3) is 0.125. The Morgan fingerprint density at radius 3 is 2.68 bits per heavy atom. The highest BCUT2D eigenvalue weighted by atomic mass is 127. The molecule has 0 unspecified atom stereocenters. The van der Waals surface area contributed by atoms with E-state index in [-0.39, 0.29) is 22.9 Å². The molecule has 0 aliphatic heterocycles. The molecule has 0 saturated heterocycles. The summed E-state index contributed by atoms with van der Waals surface area (Å²) in [6.07, 6.45) is 1.64. The first kappa shape index (κ1) is 19.2. The fourth-order valence-electron chi connectivity index (χ4n) is 2.06. The van der Waals surface area contributed by atoms with Gasteiger partial charge in [-0.1, -0.05) is 6.07 Å². The molecule has 9 heteroatoms. The molecule has 0 aromatic heterocycles.